The lowest BCUT2D eigenvalue weighted by atomic mass is 9.72. The van der Waals surface area contributed by atoms with Crippen LogP contribution in [0.4, 0.5) is 4.39 Å². The molecule has 3 rings (SSSR count). The molecule has 1 N–H and O–H groups in total. The summed E-state index contributed by atoms with van der Waals surface area (Å²) < 4.78 is 18.6. The van der Waals surface area contributed by atoms with Crippen molar-refractivity contribution in [3.05, 3.63) is 30.1 Å². The minimum absolute atomic E-state index is 0.138. The van der Waals surface area contributed by atoms with E-state index in [9.17, 15) is 9.18 Å². The van der Waals surface area contributed by atoms with E-state index in [0.717, 1.165) is 45.4 Å². The second-order valence-electron chi connectivity index (χ2n) is 7.54. The van der Waals surface area contributed by atoms with Gasteiger partial charge in [-0.15, -0.1) is 0 Å². The monoisotopic (exact) mass is 364 g/mol. The molecule has 1 spiro atoms. The van der Waals surface area contributed by atoms with Crippen LogP contribution in [0.25, 0.3) is 0 Å². The van der Waals surface area contributed by atoms with Gasteiger partial charge in [0, 0.05) is 32.7 Å². The van der Waals surface area contributed by atoms with Crippen molar-refractivity contribution in [3.63, 3.8) is 0 Å². The Balaban J connectivity index is 1.42. The van der Waals surface area contributed by atoms with Gasteiger partial charge in [0.2, 0.25) is 5.91 Å². The Morgan fingerprint density at radius 1 is 1.12 bits per heavy atom. The van der Waals surface area contributed by atoms with Crippen LogP contribution in [-0.2, 0) is 4.79 Å². The fourth-order valence-corrected chi connectivity index (χ4v) is 4.05. The van der Waals surface area contributed by atoms with E-state index >= 15 is 0 Å². The second-order valence-corrected chi connectivity index (χ2v) is 7.54. The first-order valence-corrected chi connectivity index (χ1v) is 9.60. The van der Waals surface area contributed by atoms with E-state index < -0.39 is 0 Å². The van der Waals surface area contributed by atoms with E-state index in [2.05, 4.69) is 4.90 Å². The standard InChI is InChI=1S/C20H29FN2O3/c21-17-2-4-18(5-3-17)26-15-13-22-11-8-20(9-12-22)7-6-19(25)23(16-20)10-1-14-24/h2-5,24H,1,6-16H2. The molecule has 144 valence electrons. The number of hydrogen-bond acceptors (Lipinski definition) is 4. The van der Waals surface area contributed by atoms with Gasteiger partial charge in [0.15, 0.2) is 0 Å². The minimum Gasteiger partial charge on any atom is -0.492 e. The Labute approximate surface area is 154 Å². The van der Waals surface area contributed by atoms with Crippen molar-refractivity contribution in [1.82, 2.24) is 9.80 Å². The van der Waals surface area contributed by atoms with Gasteiger partial charge in [0.05, 0.1) is 0 Å². The highest BCUT2D eigenvalue weighted by Crippen LogP contribution is 2.40. The predicted molar refractivity (Wildman–Crippen MR) is 97.5 cm³/mol. The van der Waals surface area contributed by atoms with Gasteiger partial charge in [-0.05, 0) is 68.5 Å². The van der Waals surface area contributed by atoms with Crippen LogP contribution in [0.2, 0.25) is 0 Å². The molecule has 1 amide bonds. The molecule has 26 heavy (non-hydrogen) atoms. The molecule has 0 bridgehead atoms. The average molecular weight is 364 g/mol. The molecular formula is C20H29FN2O3. The molecule has 5 nitrogen and oxygen atoms in total. The lowest BCUT2D eigenvalue weighted by Crippen LogP contribution is -2.52. The summed E-state index contributed by atoms with van der Waals surface area (Å²) in [5, 5.41) is 9.02. The maximum atomic E-state index is 12.9. The second kappa shape index (κ2) is 8.82. The first kappa shape index (κ1) is 19.1. The molecule has 2 heterocycles. The summed E-state index contributed by atoms with van der Waals surface area (Å²) in [7, 11) is 0. The summed E-state index contributed by atoms with van der Waals surface area (Å²) in [5.41, 5.74) is 0.248. The van der Waals surface area contributed by atoms with Crippen molar-refractivity contribution >= 4 is 5.91 Å². The molecule has 0 aliphatic carbocycles. The van der Waals surface area contributed by atoms with Gasteiger partial charge in [-0.2, -0.15) is 0 Å². The zero-order valence-corrected chi connectivity index (χ0v) is 15.3. The van der Waals surface area contributed by atoms with Gasteiger partial charge in [-0.25, -0.2) is 4.39 Å². The zero-order chi connectivity index (χ0) is 18.4. The summed E-state index contributed by atoms with van der Waals surface area (Å²) in [5.74, 6) is 0.682. The van der Waals surface area contributed by atoms with Crippen LogP contribution in [0.5, 0.6) is 5.75 Å². The molecule has 2 aliphatic heterocycles. The number of ether oxygens (including phenoxy) is 1. The Hall–Kier alpha value is -1.66. The van der Waals surface area contributed by atoms with Gasteiger partial charge in [0.25, 0.3) is 0 Å². The van der Waals surface area contributed by atoms with Crippen molar-refractivity contribution in [2.24, 2.45) is 5.41 Å². The molecule has 2 fully saturated rings. The first-order valence-electron chi connectivity index (χ1n) is 9.60. The molecule has 1 aromatic rings. The van der Waals surface area contributed by atoms with Crippen LogP contribution in [0, 0.1) is 11.2 Å². The summed E-state index contributed by atoms with van der Waals surface area (Å²) >= 11 is 0. The van der Waals surface area contributed by atoms with Crippen molar-refractivity contribution in [3.8, 4) is 5.75 Å². The topological polar surface area (TPSA) is 53.0 Å². The summed E-state index contributed by atoms with van der Waals surface area (Å²) in [6.07, 6.45) is 4.49. The number of carbonyl (C=O) groups is 1. The molecule has 0 radical (unpaired) electrons. The van der Waals surface area contributed by atoms with E-state index in [1.54, 1.807) is 12.1 Å². The predicted octanol–water partition coefficient (Wildman–Crippen LogP) is 2.29. The van der Waals surface area contributed by atoms with E-state index in [4.69, 9.17) is 9.84 Å². The van der Waals surface area contributed by atoms with Crippen molar-refractivity contribution in [2.45, 2.75) is 32.1 Å². The van der Waals surface area contributed by atoms with E-state index in [0.29, 0.717) is 31.7 Å². The third-order valence-corrected chi connectivity index (χ3v) is 5.74. The van der Waals surface area contributed by atoms with Crippen LogP contribution in [0.3, 0.4) is 0 Å². The highest BCUT2D eigenvalue weighted by Gasteiger charge is 2.40. The largest absolute Gasteiger partial charge is 0.492 e. The quantitative estimate of drug-likeness (QED) is 0.807. The molecule has 2 aliphatic rings. The van der Waals surface area contributed by atoms with Gasteiger partial charge in [-0.3, -0.25) is 9.69 Å². The molecule has 6 heteroatoms. The maximum absolute atomic E-state index is 12.9. The molecule has 0 atom stereocenters. The van der Waals surface area contributed by atoms with E-state index in [1.165, 1.54) is 12.1 Å². The number of piperidine rings is 2. The maximum Gasteiger partial charge on any atom is 0.222 e. The normalized spacial score (nSPS) is 20.5. The number of benzene rings is 1. The number of rotatable bonds is 7. The third kappa shape index (κ3) is 4.95. The number of likely N-dealkylation sites (tertiary alicyclic amines) is 2. The smallest absolute Gasteiger partial charge is 0.222 e. The Morgan fingerprint density at radius 3 is 2.54 bits per heavy atom. The SMILES string of the molecule is O=C1CCC2(CCN(CCOc3ccc(F)cc3)CC2)CN1CCCO. The van der Waals surface area contributed by atoms with Crippen molar-refractivity contribution < 1.29 is 19.0 Å². The Bertz CT molecular complexity index is 585. The summed E-state index contributed by atoms with van der Waals surface area (Å²) in [4.78, 5) is 16.4. The Kier molecular flexibility index (Phi) is 6.48. The number of nitrogens with zero attached hydrogens (tertiary/aromatic N) is 2. The average Bonchev–Trinajstić information content (AvgIpc) is 2.66. The lowest BCUT2D eigenvalue weighted by Gasteiger charge is -2.47. The lowest BCUT2D eigenvalue weighted by molar-refractivity contribution is -0.139. The van der Waals surface area contributed by atoms with Crippen LogP contribution >= 0.6 is 0 Å². The Morgan fingerprint density at radius 2 is 1.85 bits per heavy atom. The van der Waals surface area contributed by atoms with Crippen molar-refractivity contribution in [2.75, 3.05) is 45.9 Å². The van der Waals surface area contributed by atoms with Gasteiger partial charge >= 0.3 is 0 Å². The fourth-order valence-electron chi connectivity index (χ4n) is 4.05. The number of hydrogen-bond donors (Lipinski definition) is 1. The fraction of sp³-hybridized carbons (Fsp3) is 0.650. The minimum atomic E-state index is -0.252. The van der Waals surface area contributed by atoms with Crippen LogP contribution in [0.1, 0.15) is 32.1 Å². The van der Waals surface area contributed by atoms with Gasteiger partial charge in [-0.1, -0.05) is 0 Å². The molecule has 0 saturated carbocycles. The molecule has 1 aromatic carbocycles. The number of halogens is 1. The van der Waals surface area contributed by atoms with Crippen LogP contribution in [0.15, 0.2) is 24.3 Å². The first-order chi connectivity index (χ1) is 12.6. The third-order valence-electron chi connectivity index (χ3n) is 5.74. The van der Waals surface area contributed by atoms with Crippen LogP contribution < -0.4 is 4.74 Å². The van der Waals surface area contributed by atoms with Gasteiger partial charge in [0.1, 0.15) is 18.2 Å². The highest BCUT2D eigenvalue weighted by atomic mass is 19.1. The summed E-state index contributed by atoms with van der Waals surface area (Å²) in [6.45, 7) is 5.15. The van der Waals surface area contributed by atoms with E-state index in [1.807, 2.05) is 4.90 Å². The number of aliphatic hydroxyl groups is 1. The number of carbonyl (C=O) groups excluding carboxylic acids is 1. The molecule has 0 unspecified atom stereocenters. The van der Waals surface area contributed by atoms with Crippen LogP contribution in [-0.4, -0.2) is 66.8 Å². The number of aliphatic hydroxyl groups excluding tert-OH is 1. The molecular weight excluding hydrogens is 335 g/mol. The summed E-state index contributed by atoms with van der Waals surface area (Å²) in [6, 6.07) is 6.13. The van der Waals surface area contributed by atoms with Crippen molar-refractivity contribution in [1.29, 1.82) is 0 Å². The van der Waals surface area contributed by atoms with Gasteiger partial charge < -0.3 is 14.7 Å². The zero-order valence-electron chi connectivity index (χ0n) is 15.3. The molecule has 2 saturated heterocycles. The number of amides is 1. The highest BCUT2D eigenvalue weighted by molar-refractivity contribution is 5.77. The molecule has 0 aromatic heterocycles. The van der Waals surface area contributed by atoms with E-state index in [-0.39, 0.29) is 23.7 Å².